The van der Waals surface area contributed by atoms with Crippen molar-refractivity contribution in [2.24, 2.45) is 5.92 Å². The maximum Gasteiger partial charge on any atom is 0.410 e. The minimum Gasteiger partial charge on any atom is -0.449 e. The molecular weight excluding hydrogens is 293 g/mol. The van der Waals surface area contributed by atoms with Crippen molar-refractivity contribution in [1.82, 2.24) is 4.90 Å². The molecule has 0 atom stereocenters. The first-order chi connectivity index (χ1) is 6.59. The highest BCUT2D eigenvalue weighted by Crippen LogP contribution is 2.17. The van der Waals surface area contributed by atoms with Crippen molar-refractivity contribution in [2.75, 3.05) is 19.7 Å². The van der Waals surface area contributed by atoms with Crippen LogP contribution in [0.2, 0.25) is 0 Å². The Morgan fingerprint density at radius 3 is 2.93 bits per heavy atom. The number of rotatable bonds is 2. The number of halogens is 1. The largest absolute Gasteiger partial charge is 0.449 e. The van der Waals surface area contributed by atoms with Crippen LogP contribution in [-0.4, -0.2) is 30.7 Å². The predicted molar refractivity (Wildman–Crippen MR) is 64.5 cm³/mol. The van der Waals surface area contributed by atoms with Crippen molar-refractivity contribution in [3.8, 4) is 0 Å². The van der Waals surface area contributed by atoms with E-state index in [0.717, 1.165) is 13.0 Å². The van der Waals surface area contributed by atoms with Crippen molar-refractivity contribution in [2.45, 2.75) is 20.3 Å². The Morgan fingerprint density at radius 2 is 2.43 bits per heavy atom. The quantitative estimate of drug-likeness (QED) is 0.734. The molecule has 0 saturated carbocycles. The SMILES string of the molecule is CC(C)COC(=O)N1CC=C(I)CC1. The molecule has 3 nitrogen and oxygen atoms in total. The van der Waals surface area contributed by atoms with Gasteiger partial charge in [0, 0.05) is 13.1 Å². The summed E-state index contributed by atoms with van der Waals surface area (Å²) in [6.07, 6.45) is 2.84. The lowest BCUT2D eigenvalue weighted by Gasteiger charge is -2.24. The van der Waals surface area contributed by atoms with Gasteiger partial charge >= 0.3 is 6.09 Å². The Labute approximate surface area is 98.6 Å². The average molecular weight is 309 g/mol. The van der Waals surface area contributed by atoms with Crippen molar-refractivity contribution < 1.29 is 9.53 Å². The molecular formula is C10H16INO2. The normalized spacial score (nSPS) is 16.9. The molecule has 0 aromatic heterocycles. The molecule has 14 heavy (non-hydrogen) atoms. The van der Waals surface area contributed by atoms with Gasteiger partial charge < -0.3 is 9.64 Å². The van der Waals surface area contributed by atoms with E-state index >= 15 is 0 Å². The predicted octanol–water partition coefficient (Wildman–Crippen LogP) is 2.80. The fourth-order valence-electron chi connectivity index (χ4n) is 1.14. The summed E-state index contributed by atoms with van der Waals surface area (Å²) >= 11 is 2.30. The van der Waals surface area contributed by atoms with Crippen LogP contribution in [0, 0.1) is 5.92 Å². The van der Waals surface area contributed by atoms with Crippen LogP contribution in [0.25, 0.3) is 0 Å². The van der Waals surface area contributed by atoms with Crippen molar-refractivity contribution >= 4 is 28.7 Å². The van der Waals surface area contributed by atoms with Gasteiger partial charge in [0.15, 0.2) is 0 Å². The second kappa shape index (κ2) is 5.58. The molecule has 0 aromatic carbocycles. The van der Waals surface area contributed by atoms with Crippen molar-refractivity contribution in [3.63, 3.8) is 0 Å². The van der Waals surface area contributed by atoms with E-state index < -0.39 is 0 Å². The third-order valence-electron chi connectivity index (χ3n) is 1.95. The fraction of sp³-hybridized carbons (Fsp3) is 0.700. The van der Waals surface area contributed by atoms with Gasteiger partial charge in [0.25, 0.3) is 0 Å². The van der Waals surface area contributed by atoms with Gasteiger partial charge in [0.1, 0.15) is 0 Å². The van der Waals surface area contributed by atoms with Crippen LogP contribution in [-0.2, 0) is 4.74 Å². The van der Waals surface area contributed by atoms with Gasteiger partial charge in [0.05, 0.1) is 6.61 Å². The van der Waals surface area contributed by atoms with E-state index in [1.54, 1.807) is 4.90 Å². The Bertz CT molecular complexity index is 238. The minimum absolute atomic E-state index is 0.182. The van der Waals surface area contributed by atoms with Crippen LogP contribution in [0.3, 0.4) is 0 Å². The van der Waals surface area contributed by atoms with E-state index in [2.05, 4.69) is 28.7 Å². The molecule has 0 fully saturated rings. The molecule has 0 radical (unpaired) electrons. The number of nitrogens with zero attached hydrogens (tertiary/aromatic N) is 1. The van der Waals surface area contributed by atoms with Crippen LogP contribution in [0.4, 0.5) is 4.79 Å². The van der Waals surface area contributed by atoms with Gasteiger partial charge in [-0.15, -0.1) is 0 Å². The van der Waals surface area contributed by atoms with Gasteiger partial charge in [-0.2, -0.15) is 0 Å². The number of ether oxygens (including phenoxy) is 1. The zero-order valence-corrected chi connectivity index (χ0v) is 10.8. The van der Waals surface area contributed by atoms with Crippen LogP contribution >= 0.6 is 22.6 Å². The second-order valence-corrected chi connectivity index (χ2v) is 5.20. The molecule has 1 rings (SSSR count). The number of carbonyl (C=O) groups excluding carboxylic acids is 1. The fourth-order valence-corrected chi connectivity index (χ4v) is 1.58. The Kier molecular flexibility index (Phi) is 4.71. The first-order valence-corrected chi connectivity index (χ1v) is 5.93. The molecule has 1 aliphatic rings. The molecule has 80 valence electrons. The monoisotopic (exact) mass is 309 g/mol. The Hall–Kier alpha value is -0.260. The van der Waals surface area contributed by atoms with E-state index in [1.165, 1.54) is 3.58 Å². The van der Waals surface area contributed by atoms with E-state index in [9.17, 15) is 4.79 Å². The van der Waals surface area contributed by atoms with Crippen LogP contribution in [0.15, 0.2) is 9.66 Å². The molecule has 0 saturated heterocycles. The van der Waals surface area contributed by atoms with E-state index in [4.69, 9.17) is 4.74 Å². The van der Waals surface area contributed by atoms with E-state index in [1.807, 2.05) is 13.8 Å². The Morgan fingerprint density at radius 1 is 1.71 bits per heavy atom. The highest BCUT2D eigenvalue weighted by atomic mass is 127. The summed E-state index contributed by atoms with van der Waals surface area (Å²) in [6.45, 7) is 6.05. The third kappa shape index (κ3) is 3.86. The lowest BCUT2D eigenvalue weighted by Crippen LogP contribution is -2.35. The highest BCUT2D eigenvalue weighted by Gasteiger charge is 2.17. The van der Waals surface area contributed by atoms with E-state index in [-0.39, 0.29) is 6.09 Å². The second-order valence-electron chi connectivity index (χ2n) is 3.82. The van der Waals surface area contributed by atoms with Gasteiger partial charge in [-0.3, -0.25) is 0 Å². The van der Waals surface area contributed by atoms with Crippen molar-refractivity contribution in [1.29, 1.82) is 0 Å². The summed E-state index contributed by atoms with van der Waals surface area (Å²) in [5, 5.41) is 0. The first kappa shape index (κ1) is 11.8. The van der Waals surface area contributed by atoms with Crippen LogP contribution in [0.1, 0.15) is 20.3 Å². The first-order valence-electron chi connectivity index (χ1n) is 4.86. The Balaban J connectivity index is 2.32. The summed E-state index contributed by atoms with van der Waals surface area (Å²) < 4.78 is 6.46. The molecule has 1 aliphatic heterocycles. The maximum atomic E-state index is 11.5. The summed E-state index contributed by atoms with van der Waals surface area (Å²) in [5.41, 5.74) is 0. The minimum atomic E-state index is -0.182. The lowest BCUT2D eigenvalue weighted by molar-refractivity contribution is 0.0950. The molecule has 1 amide bonds. The molecule has 0 bridgehead atoms. The molecule has 0 N–H and O–H groups in total. The summed E-state index contributed by atoms with van der Waals surface area (Å²) in [7, 11) is 0. The molecule has 1 heterocycles. The standard InChI is InChI=1S/C10H16INO2/c1-8(2)7-14-10(13)12-5-3-9(11)4-6-12/h3,8H,4-7H2,1-2H3. The number of hydrogen-bond donors (Lipinski definition) is 0. The van der Waals surface area contributed by atoms with Gasteiger partial charge in [-0.1, -0.05) is 19.9 Å². The van der Waals surface area contributed by atoms with Crippen LogP contribution < -0.4 is 0 Å². The summed E-state index contributed by atoms with van der Waals surface area (Å²) in [5.74, 6) is 0.402. The zero-order chi connectivity index (χ0) is 10.6. The number of amides is 1. The summed E-state index contributed by atoms with van der Waals surface area (Å²) in [4.78, 5) is 13.2. The van der Waals surface area contributed by atoms with Gasteiger partial charge in [0.2, 0.25) is 0 Å². The summed E-state index contributed by atoms with van der Waals surface area (Å²) in [6, 6.07) is 0. The maximum absolute atomic E-state index is 11.5. The smallest absolute Gasteiger partial charge is 0.410 e. The molecule has 0 aromatic rings. The topological polar surface area (TPSA) is 29.5 Å². The molecule has 0 aliphatic carbocycles. The zero-order valence-electron chi connectivity index (χ0n) is 8.62. The molecule has 0 unspecified atom stereocenters. The van der Waals surface area contributed by atoms with Gasteiger partial charge in [-0.25, -0.2) is 4.79 Å². The number of carbonyl (C=O) groups is 1. The highest BCUT2D eigenvalue weighted by molar-refractivity contribution is 14.1. The third-order valence-corrected chi connectivity index (χ3v) is 2.93. The molecule has 4 heteroatoms. The average Bonchev–Trinajstić information content (AvgIpc) is 2.15. The van der Waals surface area contributed by atoms with Gasteiger partial charge in [-0.05, 0) is 38.5 Å². The molecule has 0 spiro atoms. The lowest BCUT2D eigenvalue weighted by atomic mass is 10.2. The van der Waals surface area contributed by atoms with Crippen molar-refractivity contribution in [3.05, 3.63) is 9.66 Å². The number of hydrogen-bond acceptors (Lipinski definition) is 2. The van der Waals surface area contributed by atoms with E-state index in [0.29, 0.717) is 19.1 Å². The van der Waals surface area contributed by atoms with Crippen LogP contribution in [0.5, 0.6) is 0 Å².